The molecule has 18 heavy (non-hydrogen) atoms. The lowest BCUT2D eigenvalue weighted by Gasteiger charge is -2.11. The molecule has 0 atom stereocenters. The molecule has 94 valence electrons. The summed E-state index contributed by atoms with van der Waals surface area (Å²) in [5, 5.41) is 9.21. The van der Waals surface area contributed by atoms with Gasteiger partial charge in [0.25, 0.3) is 0 Å². The molecular formula is C13H9Br2FO2. The van der Waals surface area contributed by atoms with Gasteiger partial charge in [-0.2, -0.15) is 0 Å². The van der Waals surface area contributed by atoms with Crippen molar-refractivity contribution in [2.75, 3.05) is 0 Å². The average molecular weight is 376 g/mol. The van der Waals surface area contributed by atoms with Crippen molar-refractivity contribution in [2.24, 2.45) is 0 Å². The van der Waals surface area contributed by atoms with Gasteiger partial charge in [0.2, 0.25) is 0 Å². The van der Waals surface area contributed by atoms with Crippen LogP contribution in [-0.4, -0.2) is 5.11 Å². The number of aliphatic hydroxyl groups excluding tert-OH is 1. The van der Waals surface area contributed by atoms with Crippen LogP contribution < -0.4 is 4.74 Å². The van der Waals surface area contributed by atoms with E-state index in [1.165, 1.54) is 12.1 Å². The SMILES string of the molecule is OCc1ccc(Br)cc1Oc1cc(Br)ccc1F. The number of aliphatic hydroxyl groups is 1. The van der Waals surface area contributed by atoms with Crippen molar-refractivity contribution in [3.63, 3.8) is 0 Å². The van der Waals surface area contributed by atoms with E-state index in [0.29, 0.717) is 11.3 Å². The summed E-state index contributed by atoms with van der Waals surface area (Å²) in [6, 6.07) is 9.64. The van der Waals surface area contributed by atoms with Crippen LogP contribution in [0.1, 0.15) is 5.56 Å². The second kappa shape index (κ2) is 5.82. The molecule has 0 aliphatic heterocycles. The normalized spacial score (nSPS) is 10.4. The Bertz CT molecular complexity index is 573. The molecule has 0 aliphatic carbocycles. The van der Waals surface area contributed by atoms with Gasteiger partial charge in [-0.15, -0.1) is 0 Å². The minimum Gasteiger partial charge on any atom is -0.454 e. The molecule has 0 aliphatic rings. The summed E-state index contributed by atoms with van der Waals surface area (Å²) < 4.78 is 20.6. The minimum absolute atomic E-state index is 0.108. The first-order chi connectivity index (χ1) is 8.60. The third-order valence-electron chi connectivity index (χ3n) is 2.31. The van der Waals surface area contributed by atoms with Gasteiger partial charge in [0, 0.05) is 14.5 Å². The lowest BCUT2D eigenvalue weighted by Crippen LogP contribution is -1.93. The van der Waals surface area contributed by atoms with E-state index < -0.39 is 5.82 Å². The molecule has 0 bridgehead atoms. The van der Waals surface area contributed by atoms with E-state index in [-0.39, 0.29) is 12.4 Å². The fraction of sp³-hybridized carbons (Fsp3) is 0.0769. The summed E-state index contributed by atoms with van der Waals surface area (Å²) in [5.41, 5.74) is 0.595. The van der Waals surface area contributed by atoms with Crippen molar-refractivity contribution >= 4 is 31.9 Å². The van der Waals surface area contributed by atoms with E-state index in [1.54, 1.807) is 24.3 Å². The van der Waals surface area contributed by atoms with Gasteiger partial charge in [0.05, 0.1) is 6.61 Å². The molecule has 1 N–H and O–H groups in total. The molecule has 0 heterocycles. The average Bonchev–Trinajstić information content (AvgIpc) is 2.34. The van der Waals surface area contributed by atoms with Crippen LogP contribution in [0.15, 0.2) is 45.3 Å². The Morgan fingerprint density at radius 3 is 2.28 bits per heavy atom. The van der Waals surface area contributed by atoms with E-state index in [0.717, 1.165) is 8.95 Å². The highest BCUT2D eigenvalue weighted by Gasteiger charge is 2.09. The second-order valence-electron chi connectivity index (χ2n) is 3.59. The molecule has 0 radical (unpaired) electrons. The highest BCUT2D eigenvalue weighted by Crippen LogP contribution is 2.31. The van der Waals surface area contributed by atoms with E-state index in [2.05, 4.69) is 31.9 Å². The van der Waals surface area contributed by atoms with Crippen molar-refractivity contribution in [1.82, 2.24) is 0 Å². The van der Waals surface area contributed by atoms with E-state index in [1.807, 2.05) is 0 Å². The zero-order valence-electron chi connectivity index (χ0n) is 9.16. The molecule has 0 aromatic heterocycles. The Labute approximate surface area is 121 Å². The molecule has 2 rings (SSSR count). The number of hydrogen-bond acceptors (Lipinski definition) is 2. The highest BCUT2D eigenvalue weighted by molar-refractivity contribution is 9.10. The van der Waals surface area contributed by atoms with Gasteiger partial charge in [-0.1, -0.05) is 37.9 Å². The van der Waals surface area contributed by atoms with Crippen LogP contribution in [0.25, 0.3) is 0 Å². The maximum absolute atomic E-state index is 13.6. The summed E-state index contributed by atoms with van der Waals surface area (Å²) in [7, 11) is 0. The summed E-state index contributed by atoms with van der Waals surface area (Å²) in [6.45, 7) is -0.168. The molecule has 2 aromatic rings. The first-order valence-corrected chi connectivity index (χ1v) is 6.71. The third kappa shape index (κ3) is 3.10. The largest absolute Gasteiger partial charge is 0.454 e. The Balaban J connectivity index is 2.38. The van der Waals surface area contributed by atoms with Crippen molar-refractivity contribution < 1.29 is 14.2 Å². The zero-order chi connectivity index (χ0) is 13.1. The maximum Gasteiger partial charge on any atom is 0.165 e. The number of halogens is 3. The maximum atomic E-state index is 13.6. The zero-order valence-corrected chi connectivity index (χ0v) is 12.3. The molecular weight excluding hydrogens is 367 g/mol. The van der Waals surface area contributed by atoms with Crippen molar-refractivity contribution in [3.05, 3.63) is 56.7 Å². The van der Waals surface area contributed by atoms with Crippen molar-refractivity contribution in [2.45, 2.75) is 6.61 Å². The van der Waals surface area contributed by atoms with Gasteiger partial charge in [0.15, 0.2) is 11.6 Å². The number of ether oxygens (including phenoxy) is 1. The Kier molecular flexibility index (Phi) is 4.37. The minimum atomic E-state index is -0.456. The molecule has 0 unspecified atom stereocenters. The van der Waals surface area contributed by atoms with Gasteiger partial charge < -0.3 is 9.84 Å². The summed E-state index contributed by atoms with van der Waals surface area (Å²) >= 11 is 6.56. The number of rotatable bonds is 3. The lowest BCUT2D eigenvalue weighted by atomic mass is 10.2. The quantitative estimate of drug-likeness (QED) is 0.847. The van der Waals surface area contributed by atoms with Crippen LogP contribution in [0.5, 0.6) is 11.5 Å². The van der Waals surface area contributed by atoms with Crippen LogP contribution in [0.4, 0.5) is 4.39 Å². The Morgan fingerprint density at radius 2 is 1.61 bits per heavy atom. The molecule has 2 nitrogen and oxygen atoms in total. The standard InChI is InChI=1S/C13H9Br2FO2/c14-9-2-1-8(7-17)12(5-9)18-13-6-10(15)3-4-11(13)16/h1-6,17H,7H2. The molecule has 2 aromatic carbocycles. The predicted octanol–water partition coefficient (Wildman–Crippen LogP) is 4.64. The summed E-state index contributed by atoms with van der Waals surface area (Å²) in [4.78, 5) is 0. The molecule has 0 saturated carbocycles. The van der Waals surface area contributed by atoms with Crippen LogP contribution in [0.3, 0.4) is 0 Å². The predicted molar refractivity (Wildman–Crippen MR) is 74.2 cm³/mol. The first-order valence-electron chi connectivity index (χ1n) is 5.12. The highest BCUT2D eigenvalue weighted by atomic mass is 79.9. The van der Waals surface area contributed by atoms with Gasteiger partial charge in [0.1, 0.15) is 5.75 Å². The van der Waals surface area contributed by atoms with E-state index >= 15 is 0 Å². The fourth-order valence-corrected chi connectivity index (χ4v) is 2.11. The molecule has 5 heteroatoms. The topological polar surface area (TPSA) is 29.5 Å². The summed E-state index contributed by atoms with van der Waals surface area (Å²) in [5.74, 6) is 0.0723. The van der Waals surface area contributed by atoms with Crippen LogP contribution >= 0.6 is 31.9 Å². The smallest absolute Gasteiger partial charge is 0.165 e. The molecule has 0 saturated heterocycles. The van der Waals surface area contributed by atoms with E-state index in [4.69, 9.17) is 4.74 Å². The van der Waals surface area contributed by atoms with Gasteiger partial charge in [-0.3, -0.25) is 0 Å². The van der Waals surface area contributed by atoms with Crippen LogP contribution in [-0.2, 0) is 6.61 Å². The van der Waals surface area contributed by atoms with Crippen molar-refractivity contribution in [1.29, 1.82) is 0 Å². The molecule has 0 fully saturated rings. The number of hydrogen-bond donors (Lipinski definition) is 1. The number of benzene rings is 2. The van der Waals surface area contributed by atoms with Crippen molar-refractivity contribution in [3.8, 4) is 11.5 Å². The van der Waals surface area contributed by atoms with Gasteiger partial charge >= 0.3 is 0 Å². The van der Waals surface area contributed by atoms with E-state index in [9.17, 15) is 9.50 Å². The van der Waals surface area contributed by atoms with Crippen LogP contribution in [0, 0.1) is 5.82 Å². The van der Waals surface area contributed by atoms with Gasteiger partial charge in [-0.05, 0) is 30.3 Å². The van der Waals surface area contributed by atoms with Gasteiger partial charge in [-0.25, -0.2) is 4.39 Å². The lowest BCUT2D eigenvalue weighted by molar-refractivity contribution is 0.276. The Hall–Kier alpha value is -0.910. The molecule has 0 spiro atoms. The first kappa shape index (κ1) is 13.5. The monoisotopic (exact) mass is 374 g/mol. The third-order valence-corrected chi connectivity index (χ3v) is 3.30. The molecule has 0 amide bonds. The fourth-order valence-electron chi connectivity index (χ4n) is 1.43. The second-order valence-corrected chi connectivity index (χ2v) is 5.42. The summed E-state index contributed by atoms with van der Waals surface area (Å²) in [6.07, 6.45) is 0. The Morgan fingerprint density at radius 1 is 1.00 bits per heavy atom. The van der Waals surface area contributed by atoms with Crippen LogP contribution in [0.2, 0.25) is 0 Å².